The molecule has 1 aliphatic heterocycles. The molecule has 4 aromatic rings. The first-order valence-corrected chi connectivity index (χ1v) is 14.9. The number of halogens is 1. The molecule has 11 heteroatoms. The Morgan fingerprint density at radius 2 is 1.64 bits per heavy atom. The van der Waals surface area contributed by atoms with Gasteiger partial charge in [0.05, 0.1) is 16.9 Å². The highest BCUT2D eigenvalue weighted by Crippen LogP contribution is 2.28. The Labute approximate surface area is 261 Å². The third-order valence-electron chi connectivity index (χ3n) is 7.79. The Kier molecular flexibility index (Phi) is 9.10. The van der Waals surface area contributed by atoms with E-state index in [1.165, 1.54) is 29.1 Å². The lowest BCUT2D eigenvalue weighted by molar-refractivity contribution is 0.0762. The number of likely N-dealkylation sites (N-methyl/N-ethyl adjacent to an activating group) is 1. The minimum atomic E-state index is -0.690. The van der Waals surface area contributed by atoms with Crippen LogP contribution in [0.5, 0.6) is 0 Å². The van der Waals surface area contributed by atoms with Crippen LogP contribution in [-0.2, 0) is 12.5 Å². The third-order valence-corrected chi connectivity index (χ3v) is 7.79. The van der Waals surface area contributed by atoms with Gasteiger partial charge < -0.3 is 25.0 Å². The molecule has 2 aromatic carbocycles. The van der Waals surface area contributed by atoms with E-state index in [9.17, 15) is 14.4 Å². The van der Waals surface area contributed by atoms with E-state index in [1.807, 2.05) is 25.7 Å². The van der Waals surface area contributed by atoms with Crippen LogP contribution >= 0.6 is 0 Å². The average molecular weight is 612 g/mol. The first kappa shape index (κ1) is 31.5. The quantitative estimate of drug-likeness (QED) is 0.314. The molecular weight excluding hydrogens is 573 g/mol. The van der Waals surface area contributed by atoms with Crippen molar-refractivity contribution in [2.75, 3.05) is 43.9 Å². The summed E-state index contributed by atoms with van der Waals surface area (Å²) < 4.78 is 17.1. The van der Waals surface area contributed by atoms with Crippen LogP contribution in [-0.4, -0.2) is 69.4 Å². The second-order valence-electron chi connectivity index (χ2n) is 12.3. The molecule has 5 rings (SSSR count). The SMILES string of the molecule is CN1CCCN(C(=O)c2ccc(Nc3nc(-c4cccc(NC(=O)c5ccc(C(C)(C)C)nc5)c4F)cn(C)c3=O)cc2)CC1. The van der Waals surface area contributed by atoms with E-state index < -0.39 is 17.3 Å². The summed E-state index contributed by atoms with van der Waals surface area (Å²) in [4.78, 5) is 51.8. The monoisotopic (exact) mass is 611 g/mol. The maximum Gasteiger partial charge on any atom is 0.293 e. The van der Waals surface area contributed by atoms with E-state index in [0.717, 1.165) is 25.2 Å². The predicted molar refractivity (Wildman–Crippen MR) is 174 cm³/mol. The van der Waals surface area contributed by atoms with Gasteiger partial charge in [-0.2, -0.15) is 0 Å². The fourth-order valence-corrected chi connectivity index (χ4v) is 5.08. The predicted octanol–water partition coefficient (Wildman–Crippen LogP) is 5.05. The second kappa shape index (κ2) is 13.0. The van der Waals surface area contributed by atoms with E-state index in [4.69, 9.17) is 0 Å². The molecule has 0 unspecified atom stereocenters. The molecule has 2 amide bonds. The number of hydrogen-bond donors (Lipinski definition) is 2. The van der Waals surface area contributed by atoms with Gasteiger partial charge in [0.15, 0.2) is 11.6 Å². The Balaban J connectivity index is 1.34. The van der Waals surface area contributed by atoms with Crippen molar-refractivity contribution in [3.63, 3.8) is 0 Å². The zero-order valence-corrected chi connectivity index (χ0v) is 26.2. The van der Waals surface area contributed by atoms with Gasteiger partial charge in [-0.25, -0.2) is 9.37 Å². The topological polar surface area (TPSA) is 112 Å². The average Bonchev–Trinajstić information content (AvgIpc) is 3.24. The normalized spacial score (nSPS) is 14.1. The summed E-state index contributed by atoms with van der Waals surface area (Å²) in [5, 5.41) is 5.63. The van der Waals surface area contributed by atoms with Gasteiger partial charge in [0, 0.05) is 67.0 Å². The lowest BCUT2D eigenvalue weighted by Gasteiger charge is -2.20. The fraction of sp³-hybridized carbons (Fsp3) is 0.324. The van der Waals surface area contributed by atoms with Gasteiger partial charge in [-0.15, -0.1) is 0 Å². The van der Waals surface area contributed by atoms with E-state index in [-0.39, 0.29) is 34.1 Å². The zero-order chi connectivity index (χ0) is 32.3. The van der Waals surface area contributed by atoms with Gasteiger partial charge in [-0.05, 0) is 68.5 Å². The molecular formula is C34H38FN7O3. The van der Waals surface area contributed by atoms with Crippen molar-refractivity contribution in [3.8, 4) is 11.3 Å². The molecule has 0 atom stereocenters. The molecule has 0 saturated carbocycles. The van der Waals surface area contributed by atoms with E-state index in [1.54, 1.807) is 49.5 Å². The van der Waals surface area contributed by atoms with Crippen molar-refractivity contribution >= 4 is 29.0 Å². The first-order valence-electron chi connectivity index (χ1n) is 14.9. The van der Waals surface area contributed by atoms with Gasteiger partial charge in [-0.1, -0.05) is 26.8 Å². The number of carbonyl (C=O) groups is 2. The van der Waals surface area contributed by atoms with E-state index in [2.05, 4.69) is 32.5 Å². The lowest BCUT2D eigenvalue weighted by Crippen LogP contribution is -2.34. The van der Waals surface area contributed by atoms with Gasteiger partial charge in [-0.3, -0.25) is 19.4 Å². The molecule has 1 fully saturated rings. The number of aryl methyl sites for hydroxylation is 1. The van der Waals surface area contributed by atoms with Crippen LogP contribution in [0.1, 0.15) is 53.6 Å². The van der Waals surface area contributed by atoms with Crippen molar-refractivity contribution in [1.82, 2.24) is 24.3 Å². The molecule has 0 radical (unpaired) electrons. The molecule has 2 aromatic heterocycles. The summed E-state index contributed by atoms with van der Waals surface area (Å²) in [6, 6.07) is 14.9. The van der Waals surface area contributed by atoms with Gasteiger partial charge in [0.1, 0.15) is 0 Å². The van der Waals surface area contributed by atoms with Gasteiger partial charge in [0.25, 0.3) is 17.4 Å². The summed E-state index contributed by atoms with van der Waals surface area (Å²) in [6.45, 7) is 9.25. The maximum absolute atomic E-state index is 15.7. The largest absolute Gasteiger partial charge is 0.337 e. The van der Waals surface area contributed by atoms with Crippen LogP contribution in [0.4, 0.5) is 21.6 Å². The highest BCUT2D eigenvalue weighted by atomic mass is 19.1. The van der Waals surface area contributed by atoms with Crippen molar-refractivity contribution < 1.29 is 14.0 Å². The Morgan fingerprint density at radius 1 is 0.911 bits per heavy atom. The van der Waals surface area contributed by atoms with Crippen molar-refractivity contribution in [3.05, 3.63) is 100.0 Å². The van der Waals surface area contributed by atoms with Crippen LogP contribution < -0.4 is 16.2 Å². The number of rotatable bonds is 6. The van der Waals surface area contributed by atoms with Crippen molar-refractivity contribution in [2.24, 2.45) is 7.05 Å². The summed E-state index contributed by atoms with van der Waals surface area (Å²) in [5.41, 5.74) is 1.94. The molecule has 45 heavy (non-hydrogen) atoms. The van der Waals surface area contributed by atoms with Crippen molar-refractivity contribution in [1.29, 1.82) is 0 Å². The lowest BCUT2D eigenvalue weighted by atomic mass is 9.91. The minimum Gasteiger partial charge on any atom is -0.337 e. The van der Waals surface area contributed by atoms with Crippen LogP contribution in [0.3, 0.4) is 0 Å². The summed E-state index contributed by atoms with van der Waals surface area (Å²) in [6.07, 6.45) is 3.83. The number of pyridine rings is 1. The fourth-order valence-electron chi connectivity index (χ4n) is 5.08. The van der Waals surface area contributed by atoms with Crippen LogP contribution in [0.15, 0.2) is 71.8 Å². The molecule has 2 N–H and O–H groups in total. The molecule has 0 bridgehead atoms. The van der Waals surface area contributed by atoms with Crippen LogP contribution in [0.2, 0.25) is 0 Å². The second-order valence-corrected chi connectivity index (χ2v) is 12.3. The Hall–Kier alpha value is -4.90. The number of benzene rings is 2. The standard InChI is InChI=1S/C34H38FN7O3/c1-34(2,3)28-15-12-23(20-36-28)31(43)39-26-9-6-8-25(29(26)35)27-21-41(5)33(45)30(38-27)37-24-13-10-22(11-14-24)32(44)42-17-7-16-40(4)18-19-42/h6,8-15,20-21H,7,16-19H2,1-5H3,(H,37,38)(H,39,43). The number of carbonyl (C=O) groups excluding carboxylic acids is 2. The number of nitrogens with one attached hydrogen (secondary N) is 2. The Bertz CT molecular complexity index is 1760. The van der Waals surface area contributed by atoms with E-state index in [0.29, 0.717) is 29.9 Å². The van der Waals surface area contributed by atoms with Crippen LogP contribution in [0.25, 0.3) is 11.3 Å². The number of aromatic nitrogens is 3. The first-order chi connectivity index (χ1) is 21.4. The third kappa shape index (κ3) is 7.26. The highest BCUT2D eigenvalue weighted by Gasteiger charge is 2.21. The molecule has 0 aliphatic carbocycles. The molecule has 234 valence electrons. The Morgan fingerprint density at radius 3 is 2.33 bits per heavy atom. The number of hydrogen-bond acceptors (Lipinski definition) is 7. The maximum atomic E-state index is 15.7. The molecule has 3 heterocycles. The molecule has 1 saturated heterocycles. The van der Waals surface area contributed by atoms with Gasteiger partial charge in [0.2, 0.25) is 0 Å². The minimum absolute atomic E-state index is 0.0107. The number of amides is 2. The van der Waals surface area contributed by atoms with E-state index >= 15 is 4.39 Å². The summed E-state index contributed by atoms with van der Waals surface area (Å²) >= 11 is 0. The van der Waals surface area contributed by atoms with Crippen molar-refractivity contribution in [2.45, 2.75) is 32.6 Å². The van der Waals surface area contributed by atoms with Gasteiger partial charge >= 0.3 is 0 Å². The molecule has 0 spiro atoms. The number of nitrogens with zero attached hydrogens (tertiary/aromatic N) is 5. The van der Waals surface area contributed by atoms with Crippen LogP contribution in [0, 0.1) is 5.82 Å². The summed E-state index contributed by atoms with van der Waals surface area (Å²) in [7, 11) is 3.60. The summed E-state index contributed by atoms with van der Waals surface area (Å²) in [5.74, 6) is -1.23. The highest BCUT2D eigenvalue weighted by molar-refractivity contribution is 6.04. The zero-order valence-electron chi connectivity index (χ0n) is 26.2. The molecule has 1 aliphatic rings. The smallest absolute Gasteiger partial charge is 0.293 e. The number of anilines is 3. The molecule has 10 nitrogen and oxygen atoms in total.